The summed E-state index contributed by atoms with van der Waals surface area (Å²) in [6, 6.07) is 22.3. The van der Waals surface area contributed by atoms with Crippen molar-refractivity contribution in [3.63, 3.8) is 0 Å². The smallest absolute Gasteiger partial charge is 0.267 e. The molecular weight excluding hydrogens is 506 g/mol. The summed E-state index contributed by atoms with van der Waals surface area (Å²) in [5.41, 5.74) is 1.62. The highest BCUT2D eigenvalue weighted by Gasteiger charge is 2.37. The highest BCUT2D eigenvalue weighted by Crippen LogP contribution is 2.36. The van der Waals surface area contributed by atoms with Crippen LogP contribution in [-0.4, -0.2) is 52.1 Å². The van der Waals surface area contributed by atoms with E-state index in [1.54, 1.807) is 72.8 Å². The van der Waals surface area contributed by atoms with Crippen molar-refractivity contribution in [2.45, 2.75) is 30.8 Å². The zero-order valence-corrected chi connectivity index (χ0v) is 21.5. The fourth-order valence-corrected chi connectivity index (χ4v) is 6.16. The summed E-state index contributed by atoms with van der Waals surface area (Å²) in [6.07, 6.45) is 0.720. The topological polar surface area (TPSA) is 114 Å². The normalized spacial score (nSPS) is 18.8. The summed E-state index contributed by atoms with van der Waals surface area (Å²) in [6.45, 7) is 0.874. The molecule has 38 heavy (non-hydrogen) atoms. The predicted molar refractivity (Wildman–Crippen MR) is 144 cm³/mol. The van der Waals surface area contributed by atoms with Crippen LogP contribution >= 0.6 is 0 Å². The Morgan fingerprint density at radius 2 is 1.68 bits per heavy atom. The van der Waals surface area contributed by atoms with Crippen LogP contribution in [0.4, 0.5) is 11.4 Å². The first-order valence-electron chi connectivity index (χ1n) is 12.5. The molecule has 2 aliphatic heterocycles. The van der Waals surface area contributed by atoms with Gasteiger partial charge in [-0.2, -0.15) is 0 Å². The molecule has 0 spiro atoms. The molecule has 1 saturated heterocycles. The molecule has 5 rings (SSSR count). The third kappa shape index (κ3) is 5.81. The number of ether oxygens (including phenoxy) is 2. The fourth-order valence-electron chi connectivity index (χ4n) is 4.58. The molecule has 2 aliphatic rings. The number of anilines is 2. The molecule has 2 amide bonds. The van der Waals surface area contributed by atoms with Crippen molar-refractivity contribution >= 4 is 33.2 Å². The summed E-state index contributed by atoms with van der Waals surface area (Å²) in [4.78, 5) is 26.2. The molecule has 2 heterocycles. The highest BCUT2D eigenvalue weighted by molar-refractivity contribution is 7.92. The zero-order valence-electron chi connectivity index (χ0n) is 20.7. The lowest BCUT2D eigenvalue weighted by Gasteiger charge is -2.34. The average Bonchev–Trinajstić information content (AvgIpc) is 3.45. The fraction of sp³-hybridized carbons (Fsp3) is 0.286. The summed E-state index contributed by atoms with van der Waals surface area (Å²) in [5.74, 6) is -0.820. The second-order valence-electron chi connectivity index (χ2n) is 9.23. The Morgan fingerprint density at radius 3 is 2.47 bits per heavy atom. The Bertz CT molecular complexity index is 1410. The Morgan fingerprint density at radius 1 is 0.947 bits per heavy atom. The Labute approximate surface area is 221 Å². The van der Waals surface area contributed by atoms with Crippen LogP contribution in [0.5, 0.6) is 5.75 Å². The van der Waals surface area contributed by atoms with Gasteiger partial charge in [-0.15, -0.1) is 0 Å². The molecule has 9 nitrogen and oxygen atoms in total. The predicted octanol–water partition coefficient (Wildman–Crippen LogP) is 3.33. The molecular formula is C28H29N3O6S. The third-order valence-electron chi connectivity index (χ3n) is 6.50. The molecule has 198 valence electrons. The maximum Gasteiger partial charge on any atom is 0.267 e. The van der Waals surface area contributed by atoms with E-state index in [1.165, 1.54) is 4.31 Å². The van der Waals surface area contributed by atoms with Gasteiger partial charge < -0.3 is 20.1 Å². The van der Waals surface area contributed by atoms with Crippen LogP contribution in [0.3, 0.4) is 0 Å². The first-order valence-corrected chi connectivity index (χ1v) is 14.1. The summed E-state index contributed by atoms with van der Waals surface area (Å²) >= 11 is 0. The van der Waals surface area contributed by atoms with Crippen molar-refractivity contribution in [2.75, 3.05) is 29.3 Å². The van der Waals surface area contributed by atoms with Gasteiger partial charge >= 0.3 is 0 Å². The SMILES string of the molecule is O=C(NC[C@@H]1CCCO1)c1ccccc1NC(=O)[C@H]1CN(S(=O)(=O)Cc2ccccc2)c2ccccc2O1. The molecule has 0 unspecified atom stereocenters. The number of para-hydroxylation sites is 3. The van der Waals surface area contributed by atoms with Crippen LogP contribution in [0.1, 0.15) is 28.8 Å². The molecule has 1 fully saturated rings. The second-order valence-corrected chi connectivity index (χ2v) is 11.1. The van der Waals surface area contributed by atoms with Gasteiger partial charge in [0.25, 0.3) is 11.8 Å². The largest absolute Gasteiger partial charge is 0.476 e. The van der Waals surface area contributed by atoms with E-state index in [4.69, 9.17) is 9.47 Å². The van der Waals surface area contributed by atoms with Gasteiger partial charge in [0.05, 0.1) is 35.3 Å². The van der Waals surface area contributed by atoms with Crippen LogP contribution in [-0.2, 0) is 25.3 Å². The van der Waals surface area contributed by atoms with E-state index in [-0.39, 0.29) is 30.1 Å². The molecule has 0 aliphatic carbocycles. The number of hydrogen-bond acceptors (Lipinski definition) is 6. The second kappa shape index (κ2) is 11.2. The van der Waals surface area contributed by atoms with E-state index in [0.717, 1.165) is 12.8 Å². The van der Waals surface area contributed by atoms with Gasteiger partial charge in [-0.3, -0.25) is 13.9 Å². The molecule has 0 aromatic heterocycles. The number of amides is 2. The standard InChI is InChI=1S/C28H29N3O6S/c32-27(29-17-21-11-8-16-36-21)22-12-4-5-13-23(22)30-28(33)26-18-31(24-14-6-7-15-25(24)37-26)38(34,35)19-20-9-2-1-3-10-20/h1-7,9-10,12-15,21,26H,8,11,16-19H2,(H,29,32)(H,30,33)/t21-,26+/m0/s1. The molecule has 0 radical (unpaired) electrons. The van der Waals surface area contributed by atoms with Crippen LogP contribution in [0.15, 0.2) is 78.9 Å². The number of rotatable bonds is 8. The van der Waals surface area contributed by atoms with E-state index in [2.05, 4.69) is 10.6 Å². The highest BCUT2D eigenvalue weighted by atomic mass is 32.2. The van der Waals surface area contributed by atoms with Crippen LogP contribution in [0.2, 0.25) is 0 Å². The van der Waals surface area contributed by atoms with Crippen LogP contribution in [0.25, 0.3) is 0 Å². The summed E-state index contributed by atoms with van der Waals surface area (Å²) in [5, 5.41) is 5.63. The third-order valence-corrected chi connectivity index (χ3v) is 8.21. The minimum Gasteiger partial charge on any atom is -0.476 e. The molecule has 3 aromatic carbocycles. The lowest BCUT2D eigenvalue weighted by molar-refractivity contribution is -0.122. The van der Waals surface area contributed by atoms with Gasteiger partial charge in [0.15, 0.2) is 6.10 Å². The minimum atomic E-state index is -3.83. The van der Waals surface area contributed by atoms with Crippen molar-refractivity contribution in [3.8, 4) is 5.75 Å². The zero-order chi connectivity index (χ0) is 26.5. The number of sulfonamides is 1. The van der Waals surface area contributed by atoms with Crippen molar-refractivity contribution in [2.24, 2.45) is 0 Å². The number of benzene rings is 3. The summed E-state index contributed by atoms with van der Waals surface area (Å²) in [7, 11) is -3.83. The first-order chi connectivity index (χ1) is 18.4. The average molecular weight is 536 g/mol. The molecule has 0 saturated carbocycles. The molecule has 3 aromatic rings. The Hall–Kier alpha value is -3.89. The lowest BCUT2D eigenvalue weighted by atomic mass is 10.1. The van der Waals surface area contributed by atoms with Gasteiger partial charge in [0.1, 0.15) is 5.75 Å². The van der Waals surface area contributed by atoms with Crippen molar-refractivity contribution in [3.05, 3.63) is 90.0 Å². The Kier molecular flexibility index (Phi) is 7.62. The molecule has 2 atom stereocenters. The van der Waals surface area contributed by atoms with Gasteiger partial charge in [-0.25, -0.2) is 8.42 Å². The molecule has 0 bridgehead atoms. The van der Waals surface area contributed by atoms with E-state index in [9.17, 15) is 18.0 Å². The van der Waals surface area contributed by atoms with Crippen molar-refractivity contribution in [1.82, 2.24) is 5.32 Å². The number of carbonyl (C=O) groups is 2. The maximum absolute atomic E-state index is 13.4. The van der Waals surface area contributed by atoms with Gasteiger partial charge in [0.2, 0.25) is 10.0 Å². The molecule has 2 N–H and O–H groups in total. The van der Waals surface area contributed by atoms with Gasteiger partial charge in [-0.05, 0) is 42.7 Å². The van der Waals surface area contributed by atoms with E-state index in [0.29, 0.717) is 35.7 Å². The molecule has 10 heteroatoms. The summed E-state index contributed by atoms with van der Waals surface area (Å²) < 4.78 is 39.6. The number of hydrogen-bond donors (Lipinski definition) is 2. The lowest BCUT2D eigenvalue weighted by Crippen LogP contribution is -2.49. The van der Waals surface area contributed by atoms with E-state index in [1.807, 2.05) is 6.07 Å². The van der Waals surface area contributed by atoms with Crippen molar-refractivity contribution in [1.29, 1.82) is 0 Å². The first kappa shape index (κ1) is 25.7. The van der Waals surface area contributed by atoms with E-state index >= 15 is 0 Å². The quantitative estimate of drug-likeness (QED) is 0.458. The Balaban J connectivity index is 1.33. The number of nitrogens with zero attached hydrogens (tertiary/aromatic N) is 1. The van der Waals surface area contributed by atoms with E-state index < -0.39 is 22.0 Å². The van der Waals surface area contributed by atoms with Crippen molar-refractivity contribution < 1.29 is 27.5 Å². The number of carbonyl (C=O) groups excluding carboxylic acids is 2. The maximum atomic E-state index is 13.4. The van der Waals surface area contributed by atoms with Gasteiger partial charge in [-0.1, -0.05) is 54.6 Å². The monoisotopic (exact) mass is 535 g/mol. The number of nitrogens with one attached hydrogen (secondary N) is 2. The number of fused-ring (bicyclic) bond motifs is 1. The minimum absolute atomic E-state index is 0.0137. The van der Waals surface area contributed by atoms with Crippen LogP contribution < -0.4 is 19.7 Å². The van der Waals surface area contributed by atoms with Gasteiger partial charge in [0, 0.05) is 13.2 Å². The van der Waals surface area contributed by atoms with Crippen LogP contribution in [0, 0.1) is 0 Å².